The monoisotopic (exact) mass is 551 g/mol. The second-order valence-corrected chi connectivity index (χ2v) is 8.70. The highest BCUT2D eigenvalue weighted by Crippen LogP contribution is 2.35. The van der Waals surface area contributed by atoms with E-state index in [-0.39, 0.29) is 51.7 Å². The Balaban J connectivity index is 1.41. The molecule has 0 spiro atoms. The van der Waals surface area contributed by atoms with E-state index >= 15 is 4.39 Å². The van der Waals surface area contributed by atoms with E-state index in [0.29, 0.717) is 0 Å². The molecule has 1 atom stereocenters. The fourth-order valence-electron chi connectivity index (χ4n) is 4.09. The van der Waals surface area contributed by atoms with Crippen LogP contribution in [-0.4, -0.2) is 27.7 Å². The van der Waals surface area contributed by atoms with Crippen molar-refractivity contribution >= 4 is 22.9 Å². The highest BCUT2D eigenvalue weighted by Gasteiger charge is 2.23. The highest BCUT2D eigenvalue weighted by atomic mass is 19.1. The summed E-state index contributed by atoms with van der Waals surface area (Å²) in [6.45, 7) is 3.48. The van der Waals surface area contributed by atoms with Crippen molar-refractivity contribution in [3.8, 4) is 23.0 Å². The van der Waals surface area contributed by atoms with Gasteiger partial charge < -0.3 is 19.0 Å². The van der Waals surface area contributed by atoms with Crippen LogP contribution in [0.4, 0.5) is 17.6 Å². The Labute approximate surface area is 225 Å². The third-order valence-corrected chi connectivity index (χ3v) is 6.13. The summed E-state index contributed by atoms with van der Waals surface area (Å²) in [6.07, 6.45) is 3.88. The first-order valence-corrected chi connectivity index (χ1v) is 12.2. The summed E-state index contributed by atoms with van der Waals surface area (Å²) in [5.41, 5.74) is 0.432. The molecule has 0 bridgehead atoms. The zero-order chi connectivity index (χ0) is 28.4. The number of ether oxygens (including phenoxy) is 2. The number of carbonyl (C=O) groups is 1. The molecule has 2 heterocycles. The molecular formula is C29H21F4N3O4. The molecule has 1 unspecified atom stereocenters. The average Bonchev–Trinajstić information content (AvgIpc) is 3.61. The quantitative estimate of drug-likeness (QED) is 0.124. The van der Waals surface area contributed by atoms with Crippen LogP contribution in [0.25, 0.3) is 28.4 Å². The van der Waals surface area contributed by atoms with Crippen LogP contribution in [0.3, 0.4) is 0 Å². The minimum Gasteiger partial charge on any atom is -0.463 e. The minimum atomic E-state index is -0.950. The largest absolute Gasteiger partial charge is 0.463 e. The van der Waals surface area contributed by atoms with E-state index in [1.54, 1.807) is 19.9 Å². The maximum Gasteiger partial charge on any atom is 0.330 e. The number of fused-ring (bicyclic) bond motifs is 1. The van der Waals surface area contributed by atoms with Gasteiger partial charge in [-0.15, -0.1) is 0 Å². The lowest BCUT2D eigenvalue weighted by molar-refractivity contribution is -0.137. The predicted octanol–water partition coefficient (Wildman–Crippen LogP) is 7.29. The van der Waals surface area contributed by atoms with Gasteiger partial charge in [-0.1, -0.05) is 30.3 Å². The summed E-state index contributed by atoms with van der Waals surface area (Å²) in [6, 6.07) is 10.5. The van der Waals surface area contributed by atoms with E-state index in [9.17, 15) is 18.0 Å². The van der Waals surface area contributed by atoms with Gasteiger partial charge in [0.2, 0.25) is 0 Å². The second kappa shape index (κ2) is 11.0. The normalized spacial score (nSPS) is 12.2. The number of benzene rings is 3. The first kappa shape index (κ1) is 26.7. The van der Waals surface area contributed by atoms with Crippen molar-refractivity contribution in [3.63, 3.8) is 0 Å². The summed E-state index contributed by atoms with van der Waals surface area (Å²) in [7, 11) is 0. The lowest BCUT2D eigenvalue weighted by Crippen LogP contribution is -2.03. The number of aromatic nitrogens is 3. The Morgan fingerprint density at radius 3 is 2.70 bits per heavy atom. The first-order valence-electron chi connectivity index (χ1n) is 12.2. The fraction of sp³-hybridized carbons (Fsp3) is 0.138. The van der Waals surface area contributed by atoms with Crippen molar-refractivity contribution in [1.29, 1.82) is 0 Å². The van der Waals surface area contributed by atoms with Crippen LogP contribution in [0.1, 0.15) is 36.7 Å². The third-order valence-electron chi connectivity index (χ3n) is 6.13. The van der Waals surface area contributed by atoms with Crippen LogP contribution in [0.2, 0.25) is 0 Å². The zero-order valence-electron chi connectivity index (χ0n) is 21.2. The van der Waals surface area contributed by atoms with Gasteiger partial charge in [-0.05, 0) is 42.8 Å². The maximum atomic E-state index is 15.2. The molecule has 0 aliphatic rings. The Bertz CT molecular complexity index is 1740. The Morgan fingerprint density at radius 2 is 1.90 bits per heavy atom. The molecule has 11 heteroatoms. The molecule has 2 aromatic heterocycles. The molecule has 3 aromatic carbocycles. The molecule has 0 radical (unpaired) electrons. The van der Waals surface area contributed by atoms with Gasteiger partial charge in [0.05, 0.1) is 17.7 Å². The molecule has 1 N–H and O–H groups in total. The number of hydrogen-bond donors (Lipinski definition) is 1. The van der Waals surface area contributed by atoms with Gasteiger partial charge in [0.15, 0.2) is 23.2 Å². The molecule has 0 saturated heterocycles. The number of esters is 1. The SMILES string of the molecule is CCOC(=O)/C=C\c1cccc(C(C)c2noc(-c3cc(Oc4c(F)cc5[nH]ccc5c4F)ccc3F)n2)c1F. The van der Waals surface area contributed by atoms with Crippen LogP contribution in [-0.2, 0) is 9.53 Å². The van der Waals surface area contributed by atoms with Gasteiger partial charge in [0.1, 0.15) is 17.4 Å². The molecule has 0 aliphatic heterocycles. The number of nitrogens with zero attached hydrogens (tertiary/aromatic N) is 2. The van der Waals surface area contributed by atoms with Crippen LogP contribution >= 0.6 is 0 Å². The number of H-pyrrole nitrogens is 1. The Kier molecular flexibility index (Phi) is 7.37. The summed E-state index contributed by atoms with van der Waals surface area (Å²) >= 11 is 0. The van der Waals surface area contributed by atoms with Crippen LogP contribution in [0, 0.1) is 23.3 Å². The lowest BCUT2D eigenvalue weighted by Gasteiger charge is -2.10. The van der Waals surface area contributed by atoms with Gasteiger partial charge in [-0.3, -0.25) is 0 Å². The number of aromatic amines is 1. The Hall–Kier alpha value is -4.93. The molecule has 0 fully saturated rings. The summed E-state index contributed by atoms with van der Waals surface area (Å²) in [5.74, 6) is -5.47. The van der Waals surface area contributed by atoms with Gasteiger partial charge in [-0.25, -0.2) is 22.4 Å². The van der Waals surface area contributed by atoms with E-state index in [1.165, 1.54) is 42.6 Å². The van der Waals surface area contributed by atoms with Crippen molar-refractivity contribution in [3.05, 3.63) is 101 Å². The van der Waals surface area contributed by atoms with Gasteiger partial charge >= 0.3 is 5.97 Å². The second-order valence-electron chi connectivity index (χ2n) is 8.70. The van der Waals surface area contributed by atoms with Crippen LogP contribution in [0.15, 0.2) is 65.3 Å². The van der Waals surface area contributed by atoms with E-state index in [1.807, 2.05) is 0 Å². The van der Waals surface area contributed by atoms with Crippen molar-refractivity contribution < 1.29 is 36.4 Å². The van der Waals surface area contributed by atoms with Crippen LogP contribution < -0.4 is 4.74 Å². The minimum absolute atomic E-state index is 0.0566. The molecule has 5 rings (SSSR count). The molecule has 5 aromatic rings. The summed E-state index contributed by atoms with van der Waals surface area (Å²) < 4.78 is 74.8. The fourth-order valence-corrected chi connectivity index (χ4v) is 4.09. The highest BCUT2D eigenvalue weighted by molar-refractivity contribution is 5.87. The van der Waals surface area contributed by atoms with Crippen LogP contribution in [0.5, 0.6) is 11.5 Å². The Morgan fingerprint density at radius 1 is 1.07 bits per heavy atom. The first-order chi connectivity index (χ1) is 19.3. The van der Waals surface area contributed by atoms with Gasteiger partial charge in [0.25, 0.3) is 5.89 Å². The summed E-state index contributed by atoms with van der Waals surface area (Å²) in [5, 5.41) is 4.00. The predicted molar refractivity (Wildman–Crippen MR) is 138 cm³/mol. The molecule has 40 heavy (non-hydrogen) atoms. The van der Waals surface area contributed by atoms with E-state index in [4.69, 9.17) is 14.0 Å². The summed E-state index contributed by atoms with van der Waals surface area (Å²) in [4.78, 5) is 18.5. The number of nitrogens with one attached hydrogen (secondary N) is 1. The van der Waals surface area contributed by atoms with Crippen molar-refractivity contribution in [1.82, 2.24) is 15.1 Å². The standard InChI is InChI=1S/C29H21F4N3O4/c1-3-38-24(37)10-7-16-5-4-6-18(25(16)32)15(2)28-35-29(40-36-28)20-13-17(8-9-21(20)30)39-27-22(31)14-23-19(26(27)33)11-12-34-23/h4-15,34H,3H2,1-2H3/b10-7-. The lowest BCUT2D eigenvalue weighted by atomic mass is 9.97. The number of carbonyl (C=O) groups excluding carboxylic acids is 1. The molecule has 7 nitrogen and oxygen atoms in total. The zero-order valence-corrected chi connectivity index (χ0v) is 21.2. The van der Waals surface area contributed by atoms with E-state index in [2.05, 4.69) is 15.1 Å². The number of halogens is 4. The molecule has 204 valence electrons. The average molecular weight is 551 g/mol. The van der Waals surface area contributed by atoms with Crippen molar-refractivity contribution in [2.24, 2.45) is 0 Å². The van der Waals surface area contributed by atoms with Gasteiger partial charge in [0, 0.05) is 35.2 Å². The topological polar surface area (TPSA) is 90.2 Å². The number of rotatable bonds is 8. The molecule has 0 aliphatic carbocycles. The van der Waals surface area contributed by atoms with E-state index in [0.717, 1.165) is 18.2 Å². The smallest absolute Gasteiger partial charge is 0.330 e. The van der Waals surface area contributed by atoms with Crippen molar-refractivity contribution in [2.75, 3.05) is 6.61 Å². The molecular weight excluding hydrogens is 530 g/mol. The van der Waals surface area contributed by atoms with Gasteiger partial charge in [-0.2, -0.15) is 4.98 Å². The maximum absolute atomic E-state index is 15.2. The number of hydrogen-bond acceptors (Lipinski definition) is 6. The molecule has 0 saturated carbocycles. The van der Waals surface area contributed by atoms with E-state index < -0.39 is 40.9 Å². The molecule has 0 amide bonds. The van der Waals surface area contributed by atoms with Crippen molar-refractivity contribution in [2.45, 2.75) is 19.8 Å². The third kappa shape index (κ3) is 5.18.